The maximum Gasteiger partial charge on any atom is 0.152 e. The van der Waals surface area contributed by atoms with E-state index in [0.29, 0.717) is 23.9 Å². The third-order valence-corrected chi connectivity index (χ3v) is 5.63. The molecule has 0 spiro atoms. The minimum atomic E-state index is -0.296. The fraction of sp³-hybridized carbons (Fsp3) is 0.355. The molecular weight excluding hydrogens is 442 g/mol. The van der Waals surface area contributed by atoms with Gasteiger partial charge in [0, 0.05) is 6.54 Å². The molecule has 0 amide bonds. The summed E-state index contributed by atoms with van der Waals surface area (Å²) in [4.78, 5) is 8.84. The highest BCUT2D eigenvalue weighted by Crippen LogP contribution is 2.20. The zero-order chi connectivity index (χ0) is 26.8. The van der Waals surface area contributed by atoms with Crippen LogP contribution in [0.25, 0.3) is 0 Å². The lowest BCUT2D eigenvalue weighted by molar-refractivity contribution is 0.710. The number of aliphatic imine (C=N–C) groups is 2. The summed E-state index contributed by atoms with van der Waals surface area (Å²) >= 11 is 0. The molecule has 36 heavy (non-hydrogen) atoms. The second kappa shape index (κ2) is 17.8. The van der Waals surface area contributed by atoms with Crippen LogP contribution in [0, 0.1) is 0 Å². The molecule has 5 nitrogen and oxygen atoms in total. The normalized spacial score (nSPS) is 19.0. The molecular formula is C31H45N5. The second-order valence-electron chi connectivity index (χ2n) is 8.26. The molecule has 1 rings (SSSR count). The lowest BCUT2D eigenvalue weighted by atomic mass is 10.0. The Morgan fingerprint density at radius 3 is 2.47 bits per heavy atom. The lowest BCUT2D eigenvalue weighted by Gasteiger charge is -2.15. The van der Waals surface area contributed by atoms with E-state index in [0.717, 1.165) is 42.4 Å². The molecule has 0 fully saturated rings. The minimum Gasteiger partial charge on any atom is -0.382 e. The fourth-order valence-corrected chi connectivity index (χ4v) is 3.54. The van der Waals surface area contributed by atoms with Crippen molar-refractivity contribution in [3.8, 4) is 0 Å². The van der Waals surface area contributed by atoms with Crippen molar-refractivity contribution in [2.75, 3.05) is 6.54 Å². The predicted octanol–water partition coefficient (Wildman–Crippen LogP) is 6.95. The molecule has 5 heteroatoms. The summed E-state index contributed by atoms with van der Waals surface area (Å²) in [6.45, 7) is 18.9. The van der Waals surface area contributed by atoms with Gasteiger partial charge in [0.2, 0.25) is 0 Å². The number of nitrogens with zero attached hydrogens (tertiary/aromatic N) is 2. The summed E-state index contributed by atoms with van der Waals surface area (Å²) < 4.78 is 0. The van der Waals surface area contributed by atoms with Crippen LogP contribution in [0.15, 0.2) is 117 Å². The SMILES string of the molecule is C=N/C(NC/C(=C/C)CC/C=C\CC)=C1/NC(C(/C=C\C(=C/CC)C(=C)/C=C\C=C/C)=C/C)N=C1N. The molecule has 1 unspecified atom stereocenters. The van der Waals surface area contributed by atoms with Crippen LogP contribution in [0.5, 0.6) is 0 Å². The first-order valence-corrected chi connectivity index (χ1v) is 12.8. The smallest absolute Gasteiger partial charge is 0.152 e. The molecule has 4 N–H and O–H groups in total. The molecule has 0 radical (unpaired) electrons. The highest BCUT2D eigenvalue weighted by Gasteiger charge is 2.24. The molecule has 0 aromatic rings. The summed E-state index contributed by atoms with van der Waals surface area (Å²) in [6.07, 6.45) is 26.6. The highest BCUT2D eigenvalue weighted by atomic mass is 15.2. The molecule has 1 atom stereocenters. The Morgan fingerprint density at radius 1 is 1.08 bits per heavy atom. The number of allylic oxidation sites excluding steroid dienone is 12. The van der Waals surface area contributed by atoms with Gasteiger partial charge < -0.3 is 16.4 Å². The molecule has 0 aliphatic carbocycles. The van der Waals surface area contributed by atoms with Crippen LogP contribution < -0.4 is 16.4 Å². The Labute approximate surface area is 219 Å². The van der Waals surface area contributed by atoms with E-state index >= 15 is 0 Å². The van der Waals surface area contributed by atoms with Crippen LogP contribution in [0.2, 0.25) is 0 Å². The van der Waals surface area contributed by atoms with E-state index in [2.05, 4.69) is 91.1 Å². The first-order valence-electron chi connectivity index (χ1n) is 12.8. The number of hydrogen-bond donors (Lipinski definition) is 3. The number of nitrogens with two attached hydrogens (primary N) is 1. The highest BCUT2D eigenvalue weighted by molar-refractivity contribution is 5.99. The quantitative estimate of drug-likeness (QED) is 0.133. The van der Waals surface area contributed by atoms with Crippen LogP contribution >= 0.6 is 0 Å². The average molecular weight is 488 g/mol. The molecule has 0 aromatic heterocycles. The monoisotopic (exact) mass is 487 g/mol. The molecule has 194 valence electrons. The third kappa shape index (κ3) is 10.3. The van der Waals surface area contributed by atoms with E-state index in [9.17, 15) is 0 Å². The van der Waals surface area contributed by atoms with Crippen LogP contribution in [0.3, 0.4) is 0 Å². The molecule has 1 heterocycles. The zero-order valence-electron chi connectivity index (χ0n) is 22.8. The van der Waals surface area contributed by atoms with Gasteiger partial charge >= 0.3 is 0 Å². The fourth-order valence-electron chi connectivity index (χ4n) is 3.54. The van der Waals surface area contributed by atoms with Crippen molar-refractivity contribution in [3.05, 3.63) is 107 Å². The zero-order valence-corrected chi connectivity index (χ0v) is 22.8. The van der Waals surface area contributed by atoms with Gasteiger partial charge in [-0.15, -0.1) is 0 Å². The van der Waals surface area contributed by atoms with Gasteiger partial charge in [0.1, 0.15) is 17.7 Å². The van der Waals surface area contributed by atoms with Gasteiger partial charge in [-0.1, -0.05) is 92.8 Å². The Balaban J connectivity index is 2.98. The Morgan fingerprint density at radius 2 is 1.86 bits per heavy atom. The molecule has 0 saturated carbocycles. The number of rotatable bonds is 15. The molecule has 0 bridgehead atoms. The molecule has 0 saturated heterocycles. The number of nitrogens with one attached hydrogen (secondary N) is 2. The Kier molecular flexibility index (Phi) is 15.0. The van der Waals surface area contributed by atoms with Gasteiger partial charge in [-0.05, 0) is 69.9 Å². The van der Waals surface area contributed by atoms with Crippen LogP contribution in [0.4, 0.5) is 0 Å². The average Bonchev–Trinajstić information content (AvgIpc) is 3.26. The molecule has 0 aromatic carbocycles. The van der Waals surface area contributed by atoms with Gasteiger partial charge in [0.25, 0.3) is 0 Å². The van der Waals surface area contributed by atoms with Crippen molar-refractivity contribution in [1.29, 1.82) is 0 Å². The van der Waals surface area contributed by atoms with Crippen molar-refractivity contribution in [2.24, 2.45) is 15.7 Å². The van der Waals surface area contributed by atoms with Gasteiger partial charge in [0.15, 0.2) is 5.82 Å². The second-order valence-corrected chi connectivity index (χ2v) is 8.26. The van der Waals surface area contributed by atoms with E-state index in [1.54, 1.807) is 0 Å². The van der Waals surface area contributed by atoms with E-state index < -0.39 is 0 Å². The molecule has 1 aliphatic rings. The van der Waals surface area contributed by atoms with Crippen LogP contribution in [0.1, 0.15) is 60.3 Å². The topological polar surface area (TPSA) is 74.8 Å². The summed E-state index contributed by atoms with van der Waals surface area (Å²) in [5, 5.41) is 6.79. The lowest BCUT2D eigenvalue weighted by Crippen LogP contribution is -2.30. The summed E-state index contributed by atoms with van der Waals surface area (Å²) in [7, 11) is 0. The standard InChI is InChI=1S/C31H45N5/c1-8-13-15-17-20-25(11-4)23-34-31(33-7)28-29(32)36-30(35-28)26(12-5)21-22-27(18-10-3)24(6)19-16-14-9-2/h9,11-16,18-19,21-22,30,34-35H,6-8,10,17,20,23H2,1-5H3,(H2,32,36)/b14-9-,15-13-,19-16-,22-21-,25-11+,26-12+,27-18+,31-28-. The van der Waals surface area contributed by atoms with Gasteiger partial charge in [-0.2, -0.15) is 0 Å². The largest absolute Gasteiger partial charge is 0.382 e. The maximum absolute atomic E-state index is 6.30. The van der Waals surface area contributed by atoms with Crippen LogP contribution in [-0.2, 0) is 0 Å². The molecule has 1 aliphatic heterocycles. The van der Waals surface area contributed by atoms with E-state index in [1.807, 2.05) is 44.2 Å². The summed E-state index contributed by atoms with van der Waals surface area (Å²) in [6, 6.07) is 0. The van der Waals surface area contributed by atoms with Crippen molar-refractivity contribution >= 4 is 12.6 Å². The van der Waals surface area contributed by atoms with E-state index in [1.165, 1.54) is 5.57 Å². The number of hydrogen-bond acceptors (Lipinski definition) is 5. The summed E-state index contributed by atoms with van der Waals surface area (Å²) in [5.74, 6) is 1.02. The van der Waals surface area contributed by atoms with Crippen LogP contribution in [-0.4, -0.2) is 25.3 Å². The predicted molar refractivity (Wildman–Crippen MR) is 160 cm³/mol. The van der Waals surface area contributed by atoms with Crippen molar-refractivity contribution in [1.82, 2.24) is 10.6 Å². The third-order valence-electron chi connectivity index (χ3n) is 5.63. The minimum absolute atomic E-state index is 0.296. The Hall–Kier alpha value is -3.60. The number of amidine groups is 1. The van der Waals surface area contributed by atoms with Crippen molar-refractivity contribution < 1.29 is 0 Å². The Bertz CT molecular complexity index is 1010. The van der Waals surface area contributed by atoms with Crippen molar-refractivity contribution in [3.63, 3.8) is 0 Å². The van der Waals surface area contributed by atoms with Gasteiger partial charge in [-0.25, -0.2) is 9.98 Å². The van der Waals surface area contributed by atoms with Gasteiger partial charge in [0.05, 0.1) is 0 Å². The first-order chi connectivity index (χ1) is 17.4. The van der Waals surface area contributed by atoms with E-state index in [4.69, 9.17) is 5.73 Å². The van der Waals surface area contributed by atoms with Crippen molar-refractivity contribution in [2.45, 2.75) is 66.5 Å². The summed E-state index contributed by atoms with van der Waals surface area (Å²) in [5.41, 5.74) is 11.3. The maximum atomic E-state index is 6.30. The van der Waals surface area contributed by atoms with E-state index in [-0.39, 0.29) is 6.17 Å². The first kappa shape index (κ1) is 30.4. The van der Waals surface area contributed by atoms with Gasteiger partial charge in [-0.3, -0.25) is 0 Å².